The van der Waals surface area contributed by atoms with E-state index < -0.39 is 0 Å². The van der Waals surface area contributed by atoms with E-state index >= 15 is 0 Å². The average Bonchev–Trinajstić information content (AvgIpc) is 2.26. The minimum absolute atomic E-state index is 0.0511. The number of nitrogens with zero attached hydrogens (tertiary/aromatic N) is 2. The van der Waals surface area contributed by atoms with Crippen molar-refractivity contribution in [1.29, 1.82) is 0 Å². The third kappa shape index (κ3) is 2.68. The van der Waals surface area contributed by atoms with Crippen LogP contribution in [0.5, 0.6) is 0 Å². The van der Waals surface area contributed by atoms with Crippen LogP contribution in [-0.2, 0) is 6.61 Å². The molecule has 0 aliphatic heterocycles. The van der Waals surface area contributed by atoms with Gasteiger partial charge < -0.3 is 15.1 Å². The number of aromatic nitrogens is 1. The fourth-order valence-electron chi connectivity index (χ4n) is 1.29. The predicted molar refractivity (Wildman–Crippen MR) is 55.1 cm³/mol. The second-order valence-corrected chi connectivity index (χ2v) is 2.95. The highest BCUT2D eigenvalue weighted by atomic mass is 16.3. The van der Waals surface area contributed by atoms with Crippen LogP contribution in [0.3, 0.4) is 0 Å². The van der Waals surface area contributed by atoms with Crippen LogP contribution in [0, 0.1) is 0 Å². The first-order chi connectivity index (χ1) is 6.81. The summed E-state index contributed by atoms with van der Waals surface area (Å²) in [5.41, 5.74) is 0.652. The van der Waals surface area contributed by atoms with Crippen LogP contribution in [0.2, 0.25) is 0 Å². The van der Waals surface area contributed by atoms with Crippen molar-refractivity contribution in [2.75, 3.05) is 24.6 Å². The summed E-state index contributed by atoms with van der Waals surface area (Å²) in [6.45, 7) is 3.42. The molecule has 4 nitrogen and oxygen atoms in total. The number of likely N-dealkylation sites (N-methyl/N-ethyl adjacent to an activating group) is 1. The van der Waals surface area contributed by atoms with Crippen molar-refractivity contribution in [3.05, 3.63) is 23.9 Å². The molecule has 0 aliphatic carbocycles. The maximum atomic E-state index is 8.92. The molecular formula is C10H16N2O2. The molecule has 4 heteroatoms. The van der Waals surface area contributed by atoms with Gasteiger partial charge >= 0.3 is 0 Å². The van der Waals surface area contributed by atoms with E-state index in [0.29, 0.717) is 12.2 Å². The predicted octanol–water partition coefficient (Wildman–Crippen LogP) is 0.392. The second kappa shape index (κ2) is 5.57. The van der Waals surface area contributed by atoms with Crippen molar-refractivity contribution >= 4 is 5.82 Å². The van der Waals surface area contributed by atoms with E-state index in [1.807, 2.05) is 24.0 Å². The number of hydrogen-bond acceptors (Lipinski definition) is 4. The van der Waals surface area contributed by atoms with Crippen LogP contribution in [0.15, 0.2) is 18.2 Å². The van der Waals surface area contributed by atoms with Gasteiger partial charge in [0.05, 0.1) is 18.9 Å². The van der Waals surface area contributed by atoms with Crippen LogP contribution in [0.4, 0.5) is 5.82 Å². The Labute approximate surface area is 83.8 Å². The maximum Gasteiger partial charge on any atom is 0.128 e. The summed E-state index contributed by atoms with van der Waals surface area (Å²) in [7, 11) is 0. The first-order valence-electron chi connectivity index (χ1n) is 4.74. The standard InChI is InChI=1S/C10H16N2O2/c1-2-12(6-7-13)10-5-3-4-9(8-14)11-10/h3-5,13-14H,2,6-8H2,1H3. The summed E-state index contributed by atoms with van der Waals surface area (Å²) < 4.78 is 0. The molecule has 0 bridgehead atoms. The Morgan fingerprint density at radius 3 is 2.71 bits per heavy atom. The lowest BCUT2D eigenvalue weighted by molar-refractivity contribution is 0.276. The molecule has 0 saturated heterocycles. The van der Waals surface area contributed by atoms with Gasteiger partial charge in [0.2, 0.25) is 0 Å². The Morgan fingerprint density at radius 2 is 2.14 bits per heavy atom. The highest BCUT2D eigenvalue weighted by Crippen LogP contribution is 2.10. The van der Waals surface area contributed by atoms with E-state index in [1.165, 1.54) is 0 Å². The Hall–Kier alpha value is -1.13. The zero-order valence-corrected chi connectivity index (χ0v) is 8.35. The van der Waals surface area contributed by atoms with E-state index in [9.17, 15) is 0 Å². The fourth-order valence-corrected chi connectivity index (χ4v) is 1.29. The van der Waals surface area contributed by atoms with Gasteiger partial charge in [0.25, 0.3) is 0 Å². The van der Waals surface area contributed by atoms with Crippen molar-refractivity contribution in [3.63, 3.8) is 0 Å². The van der Waals surface area contributed by atoms with Gasteiger partial charge in [0, 0.05) is 13.1 Å². The summed E-state index contributed by atoms with van der Waals surface area (Å²) in [5, 5.41) is 17.8. The molecule has 78 valence electrons. The number of rotatable bonds is 5. The molecule has 0 amide bonds. The molecular weight excluding hydrogens is 180 g/mol. The van der Waals surface area contributed by atoms with Gasteiger partial charge in [0.1, 0.15) is 5.82 Å². The summed E-state index contributed by atoms with van der Waals surface area (Å²) >= 11 is 0. The highest BCUT2D eigenvalue weighted by molar-refractivity contribution is 5.38. The molecule has 0 aromatic carbocycles. The van der Waals surface area contributed by atoms with Gasteiger partial charge in [-0.1, -0.05) is 6.07 Å². The smallest absolute Gasteiger partial charge is 0.128 e. The summed E-state index contributed by atoms with van der Waals surface area (Å²) in [4.78, 5) is 6.20. The van der Waals surface area contributed by atoms with Crippen molar-refractivity contribution in [1.82, 2.24) is 4.98 Å². The summed E-state index contributed by atoms with van der Waals surface area (Å²) in [5.74, 6) is 0.799. The number of pyridine rings is 1. The molecule has 0 saturated carbocycles. The molecule has 1 rings (SSSR count). The third-order valence-corrected chi connectivity index (χ3v) is 2.03. The van der Waals surface area contributed by atoms with Crippen LogP contribution in [0.25, 0.3) is 0 Å². The molecule has 0 radical (unpaired) electrons. The molecule has 0 spiro atoms. The number of aliphatic hydroxyl groups is 2. The van der Waals surface area contributed by atoms with Crippen LogP contribution < -0.4 is 4.90 Å². The molecule has 0 atom stereocenters. The molecule has 1 aromatic rings. The number of hydrogen-bond donors (Lipinski definition) is 2. The van der Waals surface area contributed by atoms with Gasteiger partial charge in [-0.15, -0.1) is 0 Å². The monoisotopic (exact) mass is 196 g/mol. The molecule has 0 aliphatic rings. The Kier molecular flexibility index (Phi) is 4.35. The average molecular weight is 196 g/mol. The summed E-state index contributed by atoms with van der Waals surface area (Å²) in [6.07, 6.45) is 0. The number of aliphatic hydroxyl groups excluding tert-OH is 2. The fraction of sp³-hybridized carbons (Fsp3) is 0.500. The Bertz CT molecular complexity index is 279. The normalized spacial score (nSPS) is 10.2. The minimum Gasteiger partial charge on any atom is -0.395 e. The first kappa shape index (κ1) is 10.9. The van der Waals surface area contributed by atoms with Gasteiger partial charge in [-0.2, -0.15) is 0 Å². The number of anilines is 1. The third-order valence-electron chi connectivity index (χ3n) is 2.03. The Morgan fingerprint density at radius 1 is 1.36 bits per heavy atom. The molecule has 1 heterocycles. The van der Waals surface area contributed by atoms with Gasteiger partial charge in [0.15, 0.2) is 0 Å². The lowest BCUT2D eigenvalue weighted by Gasteiger charge is -2.20. The molecule has 0 unspecified atom stereocenters. The quantitative estimate of drug-likeness (QED) is 0.715. The molecule has 2 N–H and O–H groups in total. The van der Waals surface area contributed by atoms with E-state index in [0.717, 1.165) is 12.4 Å². The topological polar surface area (TPSA) is 56.6 Å². The van der Waals surface area contributed by atoms with Gasteiger partial charge in [-0.3, -0.25) is 0 Å². The van der Waals surface area contributed by atoms with Crippen molar-refractivity contribution < 1.29 is 10.2 Å². The Balaban J connectivity index is 2.80. The lowest BCUT2D eigenvalue weighted by atomic mass is 10.3. The molecule has 1 aromatic heterocycles. The molecule has 14 heavy (non-hydrogen) atoms. The van der Waals surface area contributed by atoms with Crippen LogP contribution in [-0.4, -0.2) is 34.9 Å². The van der Waals surface area contributed by atoms with E-state index in [-0.39, 0.29) is 13.2 Å². The molecule has 0 fully saturated rings. The lowest BCUT2D eigenvalue weighted by Crippen LogP contribution is -2.27. The van der Waals surface area contributed by atoms with E-state index in [2.05, 4.69) is 4.98 Å². The van der Waals surface area contributed by atoms with Gasteiger partial charge in [-0.25, -0.2) is 4.98 Å². The van der Waals surface area contributed by atoms with Crippen molar-refractivity contribution in [2.24, 2.45) is 0 Å². The van der Waals surface area contributed by atoms with Crippen LogP contribution >= 0.6 is 0 Å². The van der Waals surface area contributed by atoms with E-state index in [1.54, 1.807) is 6.07 Å². The van der Waals surface area contributed by atoms with Crippen molar-refractivity contribution in [2.45, 2.75) is 13.5 Å². The second-order valence-electron chi connectivity index (χ2n) is 2.95. The maximum absolute atomic E-state index is 8.92. The zero-order valence-electron chi connectivity index (χ0n) is 8.35. The first-order valence-corrected chi connectivity index (χ1v) is 4.74. The zero-order chi connectivity index (χ0) is 10.4. The van der Waals surface area contributed by atoms with Crippen LogP contribution in [0.1, 0.15) is 12.6 Å². The van der Waals surface area contributed by atoms with Gasteiger partial charge in [-0.05, 0) is 19.1 Å². The summed E-state index contributed by atoms with van der Waals surface area (Å²) in [6, 6.07) is 5.50. The van der Waals surface area contributed by atoms with E-state index in [4.69, 9.17) is 10.2 Å². The highest BCUT2D eigenvalue weighted by Gasteiger charge is 2.04. The largest absolute Gasteiger partial charge is 0.395 e. The van der Waals surface area contributed by atoms with Crippen molar-refractivity contribution in [3.8, 4) is 0 Å². The minimum atomic E-state index is -0.0511. The SMILES string of the molecule is CCN(CCO)c1cccc(CO)n1.